The molecule has 0 fully saturated rings. The number of benzene rings is 1. The predicted octanol–water partition coefficient (Wildman–Crippen LogP) is 1.47. The van der Waals surface area contributed by atoms with Crippen molar-refractivity contribution in [3.05, 3.63) is 52.2 Å². The summed E-state index contributed by atoms with van der Waals surface area (Å²) < 4.78 is 1.55. The van der Waals surface area contributed by atoms with Crippen molar-refractivity contribution in [1.82, 2.24) is 19.5 Å². The third-order valence-corrected chi connectivity index (χ3v) is 3.99. The number of anilines is 1. The van der Waals surface area contributed by atoms with Crippen LogP contribution in [0.3, 0.4) is 0 Å². The smallest absolute Gasteiger partial charge is 0.328 e. The Bertz CT molecular complexity index is 933. The Morgan fingerprint density at radius 1 is 1.25 bits per heavy atom. The van der Waals surface area contributed by atoms with Gasteiger partial charge in [0.2, 0.25) is 0 Å². The second-order valence-electron chi connectivity index (χ2n) is 5.55. The Hall–Kier alpha value is -2.53. The van der Waals surface area contributed by atoms with Gasteiger partial charge < -0.3 is 10.7 Å². The molecule has 124 valence electrons. The Morgan fingerprint density at radius 2 is 2.00 bits per heavy atom. The van der Waals surface area contributed by atoms with Crippen LogP contribution >= 0.6 is 9.24 Å². The zero-order chi connectivity index (χ0) is 17.1. The normalized spacial score (nSPS) is 11.0. The first-order chi connectivity index (χ1) is 11.5. The minimum atomic E-state index is -0.271. The van der Waals surface area contributed by atoms with Crippen LogP contribution in [0.4, 0.5) is 5.82 Å². The third kappa shape index (κ3) is 3.51. The van der Waals surface area contributed by atoms with Crippen molar-refractivity contribution in [1.29, 1.82) is 0 Å². The van der Waals surface area contributed by atoms with Gasteiger partial charge in [0, 0.05) is 12.8 Å². The van der Waals surface area contributed by atoms with Crippen LogP contribution in [0.2, 0.25) is 0 Å². The second-order valence-corrected chi connectivity index (χ2v) is 6.19. The molecule has 1 aromatic carbocycles. The van der Waals surface area contributed by atoms with E-state index in [1.807, 2.05) is 30.3 Å². The number of nitrogens with two attached hydrogens (primary N) is 1. The molecule has 3 rings (SSSR count). The Labute approximate surface area is 140 Å². The number of nitrogens with one attached hydrogen (secondary N) is 1. The molecule has 24 heavy (non-hydrogen) atoms. The third-order valence-electron chi connectivity index (χ3n) is 3.70. The lowest BCUT2D eigenvalue weighted by molar-refractivity contribution is -0.111. The molecule has 7 nitrogen and oxygen atoms in total. The van der Waals surface area contributed by atoms with Gasteiger partial charge in [-0.3, -0.25) is 9.36 Å². The minimum absolute atomic E-state index is 0.0479. The van der Waals surface area contributed by atoms with Gasteiger partial charge in [-0.25, -0.2) is 14.8 Å². The van der Waals surface area contributed by atoms with E-state index in [2.05, 4.69) is 24.2 Å². The van der Waals surface area contributed by atoms with E-state index in [9.17, 15) is 9.59 Å². The number of aromatic amines is 1. The number of aromatic nitrogens is 4. The summed E-state index contributed by atoms with van der Waals surface area (Å²) in [7, 11) is 2.15. The molecule has 0 aliphatic heterocycles. The van der Waals surface area contributed by atoms with Crippen molar-refractivity contribution in [2.75, 3.05) is 5.73 Å². The first kappa shape index (κ1) is 16.3. The SMILES string of the molecule is Nc1nc(CCCC(=O)P)nc2c1[nH]c(=O)n2Cc1ccccc1. The second kappa shape index (κ2) is 6.93. The molecule has 0 saturated carbocycles. The van der Waals surface area contributed by atoms with Crippen LogP contribution in [0.1, 0.15) is 24.2 Å². The number of fused-ring (bicyclic) bond motifs is 1. The van der Waals surface area contributed by atoms with E-state index in [-0.39, 0.29) is 17.0 Å². The van der Waals surface area contributed by atoms with E-state index in [0.717, 1.165) is 5.56 Å². The summed E-state index contributed by atoms with van der Waals surface area (Å²) >= 11 is 0. The van der Waals surface area contributed by atoms with Gasteiger partial charge in [0.25, 0.3) is 0 Å². The molecule has 1 atom stereocenters. The molecule has 1 unspecified atom stereocenters. The van der Waals surface area contributed by atoms with Gasteiger partial charge in [0.05, 0.1) is 6.54 Å². The van der Waals surface area contributed by atoms with Crippen molar-refractivity contribution < 1.29 is 4.79 Å². The quantitative estimate of drug-likeness (QED) is 0.659. The van der Waals surface area contributed by atoms with Crippen LogP contribution < -0.4 is 11.4 Å². The lowest BCUT2D eigenvalue weighted by Crippen LogP contribution is -2.17. The van der Waals surface area contributed by atoms with Gasteiger partial charge >= 0.3 is 5.69 Å². The fraction of sp³-hybridized carbons (Fsp3) is 0.250. The summed E-state index contributed by atoms with van der Waals surface area (Å²) in [4.78, 5) is 34.7. The van der Waals surface area contributed by atoms with Crippen molar-refractivity contribution in [2.24, 2.45) is 0 Å². The summed E-state index contributed by atoms with van der Waals surface area (Å²) in [6, 6.07) is 9.66. The van der Waals surface area contributed by atoms with Crippen molar-refractivity contribution >= 4 is 31.7 Å². The highest BCUT2D eigenvalue weighted by Gasteiger charge is 2.14. The predicted molar refractivity (Wildman–Crippen MR) is 95.8 cm³/mol. The average Bonchev–Trinajstić information content (AvgIpc) is 2.85. The van der Waals surface area contributed by atoms with E-state index in [4.69, 9.17) is 5.73 Å². The van der Waals surface area contributed by atoms with Gasteiger partial charge in [-0.15, -0.1) is 0 Å². The average molecular weight is 343 g/mol. The van der Waals surface area contributed by atoms with Crippen LogP contribution in [-0.4, -0.2) is 25.0 Å². The number of aryl methyl sites for hydroxylation is 1. The number of hydrogen-bond donors (Lipinski definition) is 2. The maximum absolute atomic E-state index is 12.2. The van der Waals surface area contributed by atoms with Gasteiger partial charge in [-0.1, -0.05) is 39.6 Å². The molecule has 3 N–H and O–H groups in total. The Morgan fingerprint density at radius 3 is 2.71 bits per heavy atom. The lowest BCUT2D eigenvalue weighted by Gasteiger charge is -2.05. The summed E-state index contributed by atoms with van der Waals surface area (Å²) in [5, 5.41) is 0. The van der Waals surface area contributed by atoms with E-state index in [1.54, 1.807) is 4.57 Å². The monoisotopic (exact) mass is 343 g/mol. The van der Waals surface area contributed by atoms with Crippen LogP contribution in [0, 0.1) is 0 Å². The number of carbonyl (C=O) groups is 1. The number of rotatable bonds is 6. The summed E-state index contributed by atoms with van der Waals surface area (Å²) in [6.07, 6.45) is 1.61. The fourth-order valence-corrected chi connectivity index (χ4v) is 2.75. The van der Waals surface area contributed by atoms with E-state index in [1.165, 1.54) is 0 Å². The lowest BCUT2D eigenvalue weighted by atomic mass is 10.2. The topological polar surface area (TPSA) is 107 Å². The molecule has 0 spiro atoms. The maximum atomic E-state index is 12.2. The molecular formula is C16H18N5O2P. The molecule has 3 aromatic rings. The maximum Gasteiger partial charge on any atom is 0.328 e. The van der Waals surface area contributed by atoms with Crippen molar-refractivity contribution in [3.8, 4) is 0 Å². The molecule has 0 radical (unpaired) electrons. The number of nitrogens with zero attached hydrogens (tertiary/aromatic N) is 3. The number of H-pyrrole nitrogens is 1. The molecule has 0 amide bonds. The molecule has 0 bridgehead atoms. The minimum Gasteiger partial charge on any atom is -0.382 e. The molecule has 8 heteroatoms. The van der Waals surface area contributed by atoms with E-state index >= 15 is 0 Å². The molecule has 0 aliphatic rings. The van der Waals surface area contributed by atoms with Gasteiger partial charge in [0.1, 0.15) is 16.9 Å². The first-order valence-corrected chi connectivity index (χ1v) is 8.19. The van der Waals surface area contributed by atoms with Crippen LogP contribution in [0.5, 0.6) is 0 Å². The molecule has 2 heterocycles. The van der Waals surface area contributed by atoms with E-state index in [0.29, 0.717) is 42.8 Å². The van der Waals surface area contributed by atoms with Gasteiger partial charge in [-0.2, -0.15) is 0 Å². The zero-order valence-corrected chi connectivity index (χ0v) is 14.2. The van der Waals surface area contributed by atoms with Crippen molar-refractivity contribution in [3.63, 3.8) is 0 Å². The van der Waals surface area contributed by atoms with Gasteiger partial charge in [-0.05, 0) is 12.0 Å². The summed E-state index contributed by atoms with van der Waals surface area (Å²) in [6.45, 7) is 0.402. The van der Waals surface area contributed by atoms with Crippen LogP contribution in [0.15, 0.2) is 35.1 Å². The summed E-state index contributed by atoms with van der Waals surface area (Å²) in [5.41, 5.74) is 7.66. The fourth-order valence-electron chi connectivity index (χ4n) is 2.54. The Kier molecular flexibility index (Phi) is 4.71. The first-order valence-electron chi connectivity index (χ1n) is 7.61. The highest BCUT2D eigenvalue weighted by Crippen LogP contribution is 2.16. The number of hydrogen-bond acceptors (Lipinski definition) is 5. The summed E-state index contributed by atoms with van der Waals surface area (Å²) in [5.74, 6) is 0.781. The van der Waals surface area contributed by atoms with Crippen molar-refractivity contribution in [2.45, 2.75) is 25.8 Å². The Balaban J connectivity index is 1.96. The largest absolute Gasteiger partial charge is 0.382 e. The number of carbonyl (C=O) groups excluding carboxylic acids is 1. The molecule has 2 aromatic heterocycles. The van der Waals surface area contributed by atoms with E-state index < -0.39 is 0 Å². The molecule has 0 saturated heterocycles. The molecular weight excluding hydrogens is 325 g/mol. The highest BCUT2D eigenvalue weighted by molar-refractivity contribution is 7.40. The van der Waals surface area contributed by atoms with Gasteiger partial charge in [0.15, 0.2) is 11.5 Å². The van der Waals surface area contributed by atoms with Crippen LogP contribution in [0.25, 0.3) is 11.2 Å². The zero-order valence-electron chi connectivity index (χ0n) is 13.0. The highest BCUT2D eigenvalue weighted by atomic mass is 31.0. The van der Waals surface area contributed by atoms with Crippen LogP contribution in [-0.2, 0) is 17.8 Å². The number of imidazole rings is 1. The number of nitrogen functional groups attached to an aromatic ring is 1. The standard InChI is InChI=1S/C16H18N5O2P/c17-14-13-15(19-11(18-14)7-4-8-12(22)24)21(16(23)20-13)9-10-5-2-1-3-6-10/h1-3,5-6H,4,7-9,24H2,(H,20,23)(H2,17,18,19). The molecule has 0 aliphatic carbocycles.